The number of ether oxygens (including phenoxy) is 1. The molecule has 0 aliphatic rings. The lowest BCUT2D eigenvalue weighted by molar-refractivity contribution is -0.112. The maximum atomic E-state index is 13.1. The van der Waals surface area contributed by atoms with Gasteiger partial charge in [-0.15, -0.1) is 0 Å². The summed E-state index contributed by atoms with van der Waals surface area (Å²) in [4.78, 5) is 38.5. The number of nitrogens with zero attached hydrogens (tertiary/aromatic N) is 1. The first kappa shape index (κ1) is 26.7. The molecule has 0 saturated heterocycles. The molecule has 0 atom stereocenters. The number of primary amides is 1. The molecule has 3 rings (SSSR count). The molecule has 0 heterocycles. The molecule has 0 spiro atoms. The predicted octanol–water partition coefficient (Wildman–Crippen LogP) is 4.20. The number of anilines is 2. The summed E-state index contributed by atoms with van der Waals surface area (Å²) in [7, 11) is -2.88. The maximum absolute atomic E-state index is 13.1. The predicted molar refractivity (Wildman–Crippen MR) is 140 cm³/mol. The number of nitrogens with one attached hydrogen (secondary N) is 1. The van der Waals surface area contributed by atoms with Gasteiger partial charge in [-0.25, -0.2) is 13.2 Å². The van der Waals surface area contributed by atoms with Crippen LogP contribution < -0.4 is 20.1 Å². The molecule has 10 heteroatoms. The lowest BCUT2D eigenvalue weighted by Crippen LogP contribution is -2.42. The van der Waals surface area contributed by atoms with Crippen LogP contribution in [0, 0.1) is 0 Å². The van der Waals surface area contributed by atoms with Crippen LogP contribution in [-0.2, 0) is 20.2 Å². The third-order valence-corrected chi connectivity index (χ3v) is 7.35. The molecule has 0 radical (unpaired) electrons. The lowest BCUT2D eigenvalue weighted by Gasteiger charge is -2.27. The molecule has 0 aliphatic carbocycles. The van der Waals surface area contributed by atoms with E-state index in [2.05, 4.69) is 5.32 Å². The number of methoxy groups -OCH3 is 1. The Balaban J connectivity index is 2.17. The van der Waals surface area contributed by atoms with Crippen molar-refractivity contribution in [1.82, 2.24) is 0 Å². The number of ketones is 1. The highest BCUT2D eigenvalue weighted by atomic mass is 32.2. The molecule has 3 N–H and O–H groups in total. The van der Waals surface area contributed by atoms with Crippen molar-refractivity contribution in [3.63, 3.8) is 0 Å². The van der Waals surface area contributed by atoms with Gasteiger partial charge in [-0.1, -0.05) is 63.2 Å². The lowest BCUT2D eigenvalue weighted by atomic mass is 9.86. The molecule has 36 heavy (non-hydrogen) atoms. The van der Waals surface area contributed by atoms with Crippen LogP contribution in [0.25, 0.3) is 10.8 Å². The van der Waals surface area contributed by atoms with Gasteiger partial charge in [0, 0.05) is 5.56 Å². The zero-order chi connectivity index (χ0) is 26.8. The average molecular weight is 512 g/mol. The highest BCUT2D eigenvalue weighted by Crippen LogP contribution is 2.41. The fourth-order valence-corrected chi connectivity index (χ4v) is 4.73. The van der Waals surface area contributed by atoms with Gasteiger partial charge in [0.05, 0.1) is 18.6 Å². The highest BCUT2D eigenvalue weighted by Gasteiger charge is 2.32. The molecule has 3 aromatic rings. The number of fused-ring (bicyclic) bond motifs is 1. The summed E-state index contributed by atoms with van der Waals surface area (Å²) in [6, 6.07) is 14.1. The molecule has 0 fully saturated rings. The Labute approximate surface area is 210 Å². The molecule has 0 bridgehead atoms. The Hall–Kier alpha value is -3.92. The van der Waals surface area contributed by atoms with Crippen molar-refractivity contribution in [2.24, 2.45) is 5.73 Å². The topological polar surface area (TPSA) is 136 Å². The minimum absolute atomic E-state index is 0.0241. The van der Waals surface area contributed by atoms with E-state index in [-0.39, 0.29) is 22.7 Å². The summed E-state index contributed by atoms with van der Waals surface area (Å²) >= 11 is 0. The summed E-state index contributed by atoms with van der Waals surface area (Å²) < 4.78 is 31.4. The third kappa shape index (κ3) is 5.18. The van der Waals surface area contributed by atoms with E-state index in [1.165, 1.54) is 20.1 Å². The highest BCUT2D eigenvalue weighted by molar-refractivity contribution is 7.93. The van der Waals surface area contributed by atoms with Gasteiger partial charge < -0.3 is 15.8 Å². The zero-order valence-electron chi connectivity index (χ0n) is 20.8. The molecular formula is C26H29N3O6S. The quantitative estimate of drug-likeness (QED) is 0.360. The van der Waals surface area contributed by atoms with Crippen molar-refractivity contribution in [3.05, 3.63) is 65.7 Å². The van der Waals surface area contributed by atoms with Gasteiger partial charge in [0.25, 0.3) is 11.7 Å². The van der Waals surface area contributed by atoms with E-state index in [4.69, 9.17) is 10.5 Å². The largest absolute Gasteiger partial charge is 0.492 e. The van der Waals surface area contributed by atoms with E-state index in [0.717, 1.165) is 5.39 Å². The van der Waals surface area contributed by atoms with Crippen LogP contribution >= 0.6 is 0 Å². The van der Waals surface area contributed by atoms with E-state index in [9.17, 15) is 22.8 Å². The number of amides is 3. The molecule has 0 aromatic heterocycles. The van der Waals surface area contributed by atoms with Gasteiger partial charge >= 0.3 is 6.03 Å². The summed E-state index contributed by atoms with van der Waals surface area (Å²) in [5.41, 5.74) is 5.57. The van der Waals surface area contributed by atoms with Crippen molar-refractivity contribution < 1.29 is 27.5 Å². The van der Waals surface area contributed by atoms with E-state index in [0.29, 0.717) is 15.3 Å². The molecule has 0 saturated carbocycles. The second kappa shape index (κ2) is 9.98. The number of hydrogen-bond donors (Lipinski definition) is 2. The summed E-state index contributed by atoms with van der Waals surface area (Å²) in [5, 5.41) is 3.97. The molecule has 3 amide bonds. The number of benzene rings is 3. The summed E-state index contributed by atoms with van der Waals surface area (Å²) in [5.74, 6) is -2.27. The van der Waals surface area contributed by atoms with E-state index in [1.54, 1.807) is 30.3 Å². The first-order chi connectivity index (χ1) is 16.8. The van der Waals surface area contributed by atoms with Crippen LogP contribution in [0.5, 0.6) is 5.75 Å². The fourth-order valence-electron chi connectivity index (χ4n) is 3.76. The minimum atomic E-state index is -4.14. The van der Waals surface area contributed by atoms with Gasteiger partial charge in [-0.3, -0.25) is 9.59 Å². The maximum Gasteiger partial charge on any atom is 0.333 e. The Morgan fingerprint density at radius 3 is 2.25 bits per heavy atom. The summed E-state index contributed by atoms with van der Waals surface area (Å²) in [6.45, 7) is 6.98. The van der Waals surface area contributed by atoms with Crippen LogP contribution in [0.4, 0.5) is 16.2 Å². The third-order valence-electron chi connectivity index (χ3n) is 5.69. The first-order valence-electron chi connectivity index (χ1n) is 11.2. The molecule has 0 unspecified atom stereocenters. The first-order valence-corrected chi connectivity index (χ1v) is 12.8. The van der Waals surface area contributed by atoms with E-state index < -0.39 is 38.9 Å². The molecule has 0 aliphatic heterocycles. The smallest absolute Gasteiger partial charge is 0.333 e. The monoisotopic (exact) mass is 511 g/mol. The Kier molecular flexibility index (Phi) is 7.40. The van der Waals surface area contributed by atoms with Crippen molar-refractivity contribution >= 4 is 49.9 Å². The molecule has 9 nitrogen and oxygen atoms in total. The zero-order valence-corrected chi connectivity index (χ0v) is 21.6. The molecule has 3 aromatic carbocycles. The van der Waals surface area contributed by atoms with E-state index >= 15 is 0 Å². The number of hydrogen-bond acceptors (Lipinski definition) is 6. The second-order valence-corrected chi connectivity index (χ2v) is 11.2. The van der Waals surface area contributed by atoms with Crippen molar-refractivity contribution in [2.75, 3.05) is 22.5 Å². The number of Topliss-reactive ketones (excluding diaryl/α,β-unsaturated/α-hetero) is 1. The van der Waals surface area contributed by atoms with Crippen molar-refractivity contribution in [1.29, 1.82) is 0 Å². The van der Waals surface area contributed by atoms with Gasteiger partial charge in [0.15, 0.2) is 5.75 Å². The Morgan fingerprint density at radius 1 is 1.03 bits per heavy atom. The van der Waals surface area contributed by atoms with Crippen LogP contribution in [-0.4, -0.2) is 39.0 Å². The van der Waals surface area contributed by atoms with Gasteiger partial charge in [-0.05, 0) is 40.8 Å². The minimum Gasteiger partial charge on any atom is -0.492 e. The van der Waals surface area contributed by atoms with Crippen LogP contribution in [0.2, 0.25) is 0 Å². The standard InChI is InChI=1S/C26H29N3O6S/c1-6-36(33,34)29(25(27)32)21-15-17(26(2,3)4)14-20(23(21)35-5)28-24(31)22(30)19-13-9-11-16-10-7-8-12-18(16)19/h7-15H,6H2,1-5H3,(H2,27,32)(H,28,31). The van der Waals surface area contributed by atoms with Crippen molar-refractivity contribution in [2.45, 2.75) is 33.1 Å². The van der Waals surface area contributed by atoms with Crippen LogP contribution in [0.15, 0.2) is 54.6 Å². The number of nitrogens with two attached hydrogens (primary N) is 1. The number of carbonyl (C=O) groups is 3. The number of rotatable bonds is 7. The fraction of sp³-hybridized carbons (Fsp3) is 0.269. The molecule has 190 valence electrons. The van der Waals surface area contributed by atoms with Crippen LogP contribution in [0.1, 0.15) is 43.6 Å². The average Bonchev–Trinajstić information content (AvgIpc) is 2.82. The van der Waals surface area contributed by atoms with Gasteiger partial charge in [0.2, 0.25) is 10.0 Å². The van der Waals surface area contributed by atoms with Gasteiger partial charge in [-0.2, -0.15) is 4.31 Å². The number of carbonyl (C=O) groups excluding carboxylic acids is 3. The van der Waals surface area contributed by atoms with Crippen molar-refractivity contribution in [3.8, 4) is 5.75 Å². The normalized spacial score (nSPS) is 11.7. The number of sulfonamides is 1. The SMILES string of the molecule is CCS(=O)(=O)N(C(N)=O)c1cc(C(C)(C)C)cc(NC(=O)C(=O)c2cccc3ccccc23)c1OC. The Morgan fingerprint density at radius 2 is 1.67 bits per heavy atom. The number of urea groups is 1. The van der Waals surface area contributed by atoms with E-state index in [1.807, 2.05) is 39.0 Å². The van der Waals surface area contributed by atoms with Gasteiger partial charge in [0.1, 0.15) is 5.69 Å². The Bertz CT molecular complexity index is 1450. The second-order valence-electron chi connectivity index (χ2n) is 9.14. The summed E-state index contributed by atoms with van der Waals surface area (Å²) in [6.07, 6.45) is 0. The molecular weight excluding hydrogens is 482 g/mol. The van der Waals surface area contributed by atoms with Crippen LogP contribution in [0.3, 0.4) is 0 Å².